The summed E-state index contributed by atoms with van der Waals surface area (Å²) in [6.07, 6.45) is 1.64. The number of thiazole rings is 1. The van der Waals surface area contributed by atoms with Crippen LogP contribution in [0.25, 0.3) is 21.7 Å². The molecule has 0 saturated heterocycles. The van der Waals surface area contributed by atoms with E-state index in [1.807, 2.05) is 48.7 Å². The van der Waals surface area contributed by atoms with E-state index in [1.54, 1.807) is 22.2 Å². The quantitative estimate of drug-likeness (QED) is 0.385. The Morgan fingerprint density at radius 1 is 1.20 bits per heavy atom. The summed E-state index contributed by atoms with van der Waals surface area (Å²) in [6, 6.07) is 11.2. The zero-order chi connectivity index (χ0) is 17.2. The molecule has 126 valence electrons. The minimum Gasteiger partial charge on any atom is -0.462 e. The Bertz CT molecular complexity index is 1070. The first kappa shape index (κ1) is 16.1. The van der Waals surface area contributed by atoms with Crippen molar-refractivity contribution in [2.75, 3.05) is 0 Å². The highest BCUT2D eigenvalue weighted by molar-refractivity contribution is 7.98. The van der Waals surface area contributed by atoms with Crippen molar-refractivity contribution >= 4 is 34.0 Å². The van der Waals surface area contributed by atoms with Gasteiger partial charge in [-0.2, -0.15) is 0 Å². The topological polar surface area (TPSA) is 60.9 Å². The van der Waals surface area contributed by atoms with Gasteiger partial charge < -0.3 is 4.42 Å². The van der Waals surface area contributed by atoms with Crippen LogP contribution in [0.5, 0.6) is 0 Å². The second-order valence-corrected chi connectivity index (χ2v) is 7.17. The van der Waals surface area contributed by atoms with Crippen molar-refractivity contribution in [3.63, 3.8) is 0 Å². The second-order valence-electron chi connectivity index (χ2n) is 5.37. The number of para-hydroxylation sites is 1. The molecule has 4 aromatic rings. The summed E-state index contributed by atoms with van der Waals surface area (Å²) >= 11 is 3.08. The van der Waals surface area contributed by atoms with Crippen LogP contribution < -0.4 is 5.56 Å². The molecule has 0 unspecified atom stereocenters. The van der Waals surface area contributed by atoms with Crippen LogP contribution in [0.4, 0.5) is 0 Å². The number of thioether (sulfide) groups is 1. The summed E-state index contributed by atoms with van der Waals surface area (Å²) in [7, 11) is 0. The number of hydrogen-bond acceptors (Lipinski definition) is 6. The molecule has 4 rings (SSSR count). The number of furan rings is 1. The van der Waals surface area contributed by atoms with E-state index in [0.29, 0.717) is 17.7 Å². The fourth-order valence-corrected chi connectivity index (χ4v) is 4.41. The molecule has 25 heavy (non-hydrogen) atoms. The van der Waals surface area contributed by atoms with E-state index in [2.05, 4.69) is 9.97 Å². The number of aromatic nitrogens is 3. The predicted octanol–water partition coefficient (Wildman–Crippen LogP) is 4.43. The van der Waals surface area contributed by atoms with E-state index >= 15 is 0 Å². The highest BCUT2D eigenvalue weighted by Crippen LogP contribution is 2.27. The molecule has 1 aromatic carbocycles. The summed E-state index contributed by atoms with van der Waals surface area (Å²) in [4.78, 5) is 21.9. The van der Waals surface area contributed by atoms with Crippen molar-refractivity contribution in [2.45, 2.75) is 24.4 Å². The van der Waals surface area contributed by atoms with Crippen molar-refractivity contribution in [1.82, 2.24) is 14.5 Å². The Balaban J connectivity index is 1.62. The molecular formula is C18H15N3O2S2. The zero-order valence-corrected chi connectivity index (χ0v) is 15.1. The molecule has 3 aromatic heterocycles. The lowest BCUT2D eigenvalue weighted by Gasteiger charge is -2.10. The van der Waals surface area contributed by atoms with Crippen LogP contribution in [0.15, 0.2) is 62.4 Å². The van der Waals surface area contributed by atoms with Crippen molar-refractivity contribution in [1.29, 1.82) is 0 Å². The van der Waals surface area contributed by atoms with Crippen molar-refractivity contribution < 1.29 is 4.42 Å². The fraction of sp³-hybridized carbons (Fsp3) is 0.167. The lowest BCUT2D eigenvalue weighted by Crippen LogP contribution is -2.22. The standard InChI is InChI=1S/C18H15N3O2S2/c1-2-21-17(22)13-6-3-4-7-14(13)20-18(21)25-11-12-10-24-16(19-12)15-8-5-9-23-15/h3-10H,2,11H2,1H3. The Morgan fingerprint density at radius 3 is 2.88 bits per heavy atom. The van der Waals surface area contributed by atoms with Crippen LogP contribution in [0.1, 0.15) is 12.6 Å². The van der Waals surface area contributed by atoms with Crippen molar-refractivity contribution in [2.24, 2.45) is 0 Å². The first-order chi connectivity index (χ1) is 12.3. The highest BCUT2D eigenvalue weighted by atomic mass is 32.2. The number of benzene rings is 1. The zero-order valence-electron chi connectivity index (χ0n) is 13.5. The third kappa shape index (κ3) is 3.12. The summed E-state index contributed by atoms with van der Waals surface area (Å²) in [5.41, 5.74) is 1.69. The lowest BCUT2D eigenvalue weighted by molar-refractivity contribution is 0.581. The molecule has 5 nitrogen and oxygen atoms in total. The van der Waals surface area contributed by atoms with E-state index < -0.39 is 0 Å². The smallest absolute Gasteiger partial charge is 0.262 e. The Hall–Kier alpha value is -2.38. The Morgan fingerprint density at radius 2 is 2.08 bits per heavy atom. The van der Waals surface area contributed by atoms with Crippen LogP contribution in [-0.4, -0.2) is 14.5 Å². The molecule has 0 radical (unpaired) electrons. The first-order valence-electron chi connectivity index (χ1n) is 7.87. The van der Waals surface area contributed by atoms with Gasteiger partial charge in [0.1, 0.15) is 0 Å². The number of nitrogens with zero attached hydrogens (tertiary/aromatic N) is 3. The maximum Gasteiger partial charge on any atom is 0.262 e. The van der Waals surface area contributed by atoms with Gasteiger partial charge in [0.25, 0.3) is 5.56 Å². The van der Waals surface area contributed by atoms with Gasteiger partial charge in [-0.05, 0) is 31.2 Å². The third-order valence-electron chi connectivity index (χ3n) is 3.78. The summed E-state index contributed by atoms with van der Waals surface area (Å²) in [5, 5.41) is 4.25. The van der Waals surface area contributed by atoms with Crippen molar-refractivity contribution in [3.05, 3.63) is 64.1 Å². The minimum atomic E-state index is 0.00477. The van der Waals surface area contributed by atoms with Gasteiger partial charge in [0.2, 0.25) is 0 Å². The number of fused-ring (bicyclic) bond motifs is 1. The molecule has 0 aliphatic heterocycles. The lowest BCUT2D eigenvalue weighted by atomic mass is 10.2. The maximum atomic E-state index is 12.6. The maximum absolute atomic E-state index is 12.6. The molecule has 0 amide bonds. The highest BCUT2D eigenvalue weighted by Gasteiger charge is 2.12. The Kier molecular flexibility index (Phi) is 4.42. The summed E-state index contributed by atoms with van der Waals surface area (Å²) in [6.45, 7) is 2.55. The minimum absolute atomic E-state index is 0.00477. The third-order valence-corrected chi connectivity index (χ3v) is 5.69. The first-order valence-corrected chi connectivity index (χ1v) is 9.73. The molecule has 0 spiro atoms. The fourth-order valence-electron chi connectivity index (χ4n) is 2.56. The average molecular weight is 369 g/mol. The van der Waals surface area contributed by atoms with Gasteiger partial charge in [0.05, 0.1) is 22.9 Å². The van der Waals surface area contributed by atoms with Gasteiger partial charge in [-0.3, -0.25) is 9.36 Å². The van der Waals surface area contributed by atoms with Gasteiger partial charge in [-0.15, -0.1) is 11.3 Å². The molecule has 0 aliphatic rings. The normalized spacial score (nSPS) is 11.2. The van der Waals surface area contributed by atoms with Crippen LogP contribution in [0, 0.1) is 0 Å². The number of rotatable bonds is 5. The van der Waals surface area contributed by atoms with E-state index in [-0.39, 0.29) is 5.56 Å². The predicted molar refractivity (Wildman–Crippen MR) is 101 cm³/mol. The van der Waals surface area contributed by atoms with Crippen LogP contribution in [0.3, 0.4) is 0 Å². The van der Waals surface area contributed by atoms with Gasteiger partial charge in [0, 0.05) is 17.7 Å². The summed E-state index contributed by atoms with van der Waals surface area (Å²) in [5.74, 6) is 1.43. The molecule has 0 atom stereocenters. The van der Waals surface area contributed by atoms with Crippen LogP contribution in [-0.2, 0) is 12.3 Å². The van der Waals surface area contributed by atoms with Crippen LogP contribution >= 0.6 is 23.1 Å². The SMILES string of the molecule is CCn1c(SCc2csc(-c3ccco3)n2)nc2ccccc2c1=O. The van der Waals surface area contributed by atoms with Crippen molar-refractivity contribution in [3.8, 4) is 10.8 Å². The monoisotopic (exact) mass is 369 g/mol. The van der Waals surface area contributed by atoms with E-state index in [1.165, 1.54) is 11.8 Å². The number of hydrogen-bond donors (Lipinski definition) is 0. The molecule has 7 heteroatoms. The molecule has 0 fully saturated rings. The van der Waals surface area contributed by atoms with Gasteiger partial charge >= 0.3 is 0 Å². The molecule has 0 bridgehead atoms. The second kappa shape index (κ2) is 6.85. The van der Waals surface area contributed by atoms with Gasteiger partial charge in [0.15, 0.2) is 15.9 Å². The molecule has 0 aliphatic carbocycles. The van der Waals surface area contributed by atoms with E-state index in [9.17, 15) is 4.79 Å². The summed E-state index contributed by atoms with van der Waals surface area (Å²) < 4.78 is 7.09. The molecule has 0 N–H and O–H groups in total. The molecule has 3 heterocycles. The van der Waals surface area contributed by atoms with Gasteiger partial charge in [-0.25, -0.2) is 9.97 Å². The molecular weight excluding hydrogens is 354 g/mol. The van der Waals surface area contributed by atoms with Gasteiger partial charge in [-0.1, -0.05) is 23.9 Å². The average Bonchev–Trinajstić information content (AvgIpc) is 3.31. The van der Waals surface area contributed by atoms with E-state index in [4.69, 9.17) is 4.42 Å². The van der Waals surface area contributed by atoms with E-state index in [0.717, 1.165) is 27.1 Å². The largest absolute Gasteiger partial charge is 0.462 e. The van der Waals surface area contributed by atoms with Crippen LogP contribution in [0.2, 0.25) is 0 Å². The molecule has 0 saturated carbocycles. The Labute approximate surface area is 152 Å².